The number of ether oxygens (including phenoxy) is 1. The van der Waals surface area contributed by atoms with Crippen molar-refractivity contribution >= 4 is 29.1 Å². The monoisotopic (exact) mass is 516 g/mol. The minimum Gasteiger partial charge on any atom is -0.444 e. The molecule has 10 heteroatoms. The molecule has 2 N–H and O–H groups in total. The van der Waals surface area contributed by atoms with Gasteiger partial charge in [0.2, 0.25) is 11.7 Å². The summed E-state index contributed by atoms with van der Waals surface area (Å²) in [5, 5.41) is 2.40. The van der Waals surface area contributed by atoms with Gasteiger partial charge in [-0.15, -0.1) is 11.3 Å². The molecule has 2 saturated heterocycles. The van der Waals surface area contributed by atoms with Gasteiger partial charge >= 0.3 is 6.09 Å². The van der Waals surface area contributed by atoms with Crippen molar-refractivity contribution in [3.05, 3.63) is 51.7 Å². The van der Waals surface area contributed by atoms with E-state index in [1.165, 1.54) is 35.6 Å². The van der Waals surface area contributed by atoms with Crippen molar-refractivity contribution in [2.75, 3.05) is 19.6 Å². The molecule has 2 aliphatic rings. The van der Waals surface area contributed by atoms with Crippen LogP contribution in [0.15, 0.2) is 29.6 Å². The summed E-state index contributed by atoms with van der Waals surface area (Å²) in [7, 11) is 0. The van der Waals surface area contributed by atoms with E-state index in [4.69, 9.17) is 10.5 Å². The van der Waals surface area contributed by atoms with E-state index in [-0.39, 0.29) is 29.7 Å². The number of carbonyl (C=O) groups is 3. The lowest BCUT2D eigenvalue weighted by Gasteiger charge is -2.36. The highest BCUT2D eigenvalue weighted by atomic mass is 32.1. The van der Waals surface area contributed by atoms with Gasteiger partial charge in [0.1, 0.15) is 22.1 Å². The minimum atomic E-state index is -0.660. The average Bonchev–Trinajstić information content (AvgIpc) is 3.52. The number of hydrogen-bond acceptors (Lipinski definition) is 7. The van der Waals surface area contributed by atoms with E-state index in [0.29, 0.717) is 48.7 Å². The first-order valence-corrected chi connectivity index (χ1v) is 13.2. The zero-order chi connectivity index (χ0) is 26.0. The molecule has 3 heterocycles. The van der Waals surface area contributed by atoms with Crippen molar-refractivity contribution in [2.24, 2.45) is 11.7 Å². The number of thiazole rings is 1. The Balaban J connectivity index is 1.37. The van der Waals surface area contributed by atoms with Crippen molar-refractivity contribution in [1.82, 2.24) is 14.8 Å². The number of likely N-dealkylation sites (tertiary alicyclic amines) is 2. The Kier molecular flexibility index (Phi) is 7.75. The summed E-state index contributed by atoms with van der Waals surface area (Å²) in [5.41, 5.74) is 6.56. The van der Waals surface area contributed by atoms with Gasteiger partial charge in [-0.2, -0.15) is 0 Å². The molecule has 194 valence electrons. The molecule has 0 aliphatic carbocycles. The van der Waals surface area contributed by atoms with Crippen molar-refractivity contribution in [3.63, 3.8) is 0 Å². The number of amides is 2. The lowest BCUT2D eigenvalue weighted by atomic mass is 9.89. The van der Waals surface area contributed by atoms with Crippen molar-refractivity contribution in [3.8, 4) is 0 Å². The Morgan fingerprint density at radius 3 is 2.42 bits per heavy atom. The molecule has 4 rings (SSSR count). The molecular formula is C26H33FN4O4S. The standard InChI is InChI=1S/C26H33FN4O4S/c1-26(2,3)35-25(34)30-13-10-16(11-14-30)21(28)24(33)31-12-4-5-20(31)23-29-19(15-36-23)22(32)17-6-8-18(27)9-7-17/h6-9,15-16,20-21H,4-5,10-14,28H2,1-3H3/t20-,21?/m0/s1. The fourth-order valence-corrected chi connectivity index (χ4v) is 5.69. The fourth-order valence-electron chi connectivity index (χ4n) is 4.74. The molecule has 2 amide bonds. The number of nitrogens with zero attached hydrogens (tertiary/aromatic N) is 3. The predicted molar refractivity (Wildman–Crippen MR) is 134 cm³/mol. The van der Waals surface area contributed by atoms with Crippen molar-refractivity contribution in [2.45, 2.75) is 64.1 Å². The van der Waals surface area contributed by atoms with Gasteiger partial charge in [-0.25, -0.2) is 14.2 Å². The summed E-state index contributed by atoms with van der Waals surface area (Å²) < 4.78 is 18.6. The van der Waals surface area contributed by atoms with Gasteiger partial charge in [0.15, 0.2) is 0 Å². The van der Waals surface area contributed by atoms with Gasteiger partial charge in [0, 0.05) is 30.6 Å². The molecular weight excluding hydrogens is 483 g/mol. The van der Waals surface area contributed by atoms with Crippen LogP contribution in [0.4, 0.5) is 9.18 Å². The maximum Gasteiger partial charge on any atom is 0.410 e. The summed E-state index contributed by atoms with van der Waals surface area (Å²) in [5.74, 6) is -0.821. The zero-order valence-corrected chi connectivity index (χ0v) is 21.7. The van der Waals surface area contributed by atoms with E-state index in [2.05, 4.69) is 4.98 Å². The van der Waals surface area contributed by atoms with Crippen LogP contribution in [0.25, 0.3) is 0 Å². The van der Waals surface area contributed by atoms with Crippen LogP contribution in [-0.2, 0) is 9.53 Å². The van der Waals surface area contributed by atoms with Gasteiger partial charge in [-0.1, -0.05) is 0 Å². The number of nitrogens with two attached hydrogens (primary N) is 1. The largest absolute Gasteiger partial charge is 0.444 e. The average molecular weight is 517 g/mol. The maximum absolute atomic E-state index is 13.4. The highest BCUT2D eigenvalue weighted by Crippen LogP contribution is 2.35. The fraction of sp³-hybridized carbons (Fsp3) is 0.538. The topological polar surface area (TPSA) is 106 Å². The van der Waals surface area contributed by atoms with Gasteiger partial charge in [-0.05, 0) is 76.6 Å². The summed E-state index contributed by atoms with van der Waals surface area (Å²) in [4.78, 5) is 46.5. The number of benzene rings is 1. The molecule has 8 nitrogen and oxygen atoms in total. The molecule has 0 bridgehead atoms. The van der Waals surface area contributed by atoms with Crippen LogP contribution in [0, 0.1) is 11.7 Å². The molecule has 0 radical (unpaired) electrons. The number of rotatable bonds is 5. The predicted octanol–water partition coefficient (Wildman–Crippen LogP) is 4.15. The number of piperidine rings is 1. The molecule has 2 fully saturated rings. The van der Waals surface area contributed by atoms with E-state index in [1.54, 1.807) is 15.2 Å². The molecule has 0 saturated carbocycles. The number of carbonyl (C=O) groups excluding carboxylic acids is 3. The van der Waals surface area contributed by atoms with Crippen LogP contribution in [0.5, 0.6) is 0 Å². The molecule has 1 aromatic heterocycles. The Labute approximate surface area is 214 Å². The lowest BCUT2D eigenvalue weighted by molar-refractivity contribution is -0.135. The van der Waals surface area contributed by atoms with Crippen molar-refractivity contribution < 1.29 is 23.5 Å². The molecule has 2 aliphatic heterocycles. The Bertz CT molecular complexity index is 1110. The smallest absolute Gasteiger partial charge is 0.410 e. The molecule has 2 atom stereocenters. The number of hydrogen-bond donors (Lipinski definition) is 1. The molecule has 2 aromatic rings. The summed E-state index contributed by atoms with van der Waals surface area (Å²) >= 11 is 1.35. The van der Waals surface area contributed by atoms with Crippen LogP contribution in [-0.4, -0.2) is 63.8 Å². The quantitative estimate of drug-likeness (QED) is 0.599. The highest BCUT2D eigenvalue weighted by Gasteiger charge is 2.39. The summed E-state index contributed by atoms with van der Waals surface area (Å²) in [6, 6.07) is 4.50. The van der Waals surface area contributed by atoms with Crippen molar-refractivity contribution in [1.29, 1.82) is 0 Å². The second-order valence-electron chi connectivity index (χ2n) is 10.4. The lowest BCUT2D eigenvalue weighted by Crippen LogP contribution is -2.51. The Hall–Kier alpha value is -2.85. The van der Waals surface area contributed by atoms with Crippen LogP contribution < -0.4 is 5.73 Å². The number of halogens is 1. The summed E-state index contributed by atoms with van der Waals surface area (Å²) in [6.45, 7) is 7.11. The van der Waals surface area contributed by atoms with Gasteiger partial charge in [-0.3, -0.25) is 9.59 Å². The Morgan fingerprint density at radius 2 is 1.78 bits per heavy atom. The molecule has 0 spiro atoms. The van der Waals surface area contributed by atoms with Gasteiger partial charge < -0.3 is 20.3 Å². The second-order valence-corrected chi connectivity index (χ2v) is 11.3. The number of aromatic nitrogens is 1. The normalized spacial score (nSPS) is 19.9. The second kappa shape index (κ2) is 10.6. The van der Waals surface area contributed by atoms with E-state index in [9.17, 15) is 18.8 Å². The van der Waals surface area contributed by atoms with Crippen LogP contribution in [0.1, 0.15) is 73.6 Å². The van der Waals surface area contributed by atoms with Gasteiger partial charge in [0.05, 0.1) is 12.1 Å². The van der Waals surface area contributed by atoms with Crippen LogP contribution >= 0.6 is 11.3 Å². The minimum absolute atomic E-state index is 0.0238. The highest BCUT2D eigenvalue weighted by molar-refractivity contribution is 7.10. The third-order valence-corrected chi connectivity index (χ3v) is 7.61. The Morgan fingerprint density at radius 1 is 1.11 bits per heavy atom. The third-order valence-electron chi connectivity index (χ3n) is 6.67. The van der Waals surface area contributed by atoms with E-state index < -0.39 is 17.5 Å². The first-order chi connectivity index (χ1) is 17.0. The maximum atomic E-state index is 13.4. The zero-order valence-electron chi connectivity index (χ0n) is 20.9. The van der Waals surface area contributed by atoms with Gasteiger partial charge in [0.25, 0.3) is 0 Å². The SMILES string of the molecule is CC(C)(C)OC(=O)N1CCC(C(N)C(=O)N2CCC[C@H]2c2nc(C(=O)c3ccc(F)cc3)cs2)CC1. The molecule has 36 heavy (non-hydrogen) atoms. The van der Waals surface area contributed by atoms with E-state index in [1.807, 2.05) is 20.8 Å². The first kappa shape index (κ1) is 26.2. The molecule has 1 aromatic carbocycles. The first-order valence-electron chi connectivity index (χ1n) is 12.3. The summed E-state index contributed by atoms with van der Waals surface area (Å²) in [6.07, 6.45) is 2.53. The molecule has 1 unspecified atom stereocenters. The van der Waals surface area contributed by atoms with Crippen LogP contribution in [0.2, 0.25) is 0 Å². The van der Waals surface area contributed by atoms with E-state index in [0.717, 1.165) is 12.8 Å². The van der Waals surface area contributed by atoms with E-state index >= 15 is 0 Å². The third kappa shape index (κ3) is 5.92. The number of ketones is 1. The van der Waals surface area contributed by atoms with Crippen LogP contribution in [0.3, 0.4) is 0 Å².